The molecule has 40 heavy (non-hydrogen) atoms. The third-order valence-electron chi connectivity index (χ3n) is 7.73. The number of nitro benzene ring substituents is 1. The predicted octanol–water partition coefficient (Wildman–Crippen LogP) is 5.84. The Morgan fingerprint density at radius 1 is 0.975 bits per heavy atom. The van der Waals surface area contributed by atoms with E-state index in [1.807, 2.05) is 31.2 Å². The summed E-state index contributed by atoms with van der Waals surface area (Å²) < 4.78 is 38.7. The van der Waals surface area contributed by atoms with Gasteiger partial charge in [0.1, 0.15) is 11.6 Å². The topological polar surface area (TPSA) is 68.1 Å². The molecule has 1 fully saturated rings. The molecule has 0 amide bonds. The molecule has 3 aromatic carbocycles. The number of non-ortho nitro benzene ring substituents is 1. The number of nitro groups is 1. The first kappa shape index (κ1) is 28.3. The van der Waals surface area contributed by atoms with Gasteiger partial charge in [0.2, 0.25) is 0 Å². The van der Waals surface area contributed by atoms with Crippen LogP contribution in [0.25, 0.3) is 0 Å². The van der Waals surface area contributed by atoms with E-state index in [4.69, 9.17) is 9.47 Å². The summed E-state index contributed by atoms with van der Waals surface area (Å²) in [5, 5.41) is 11.3. The zero-order chi connectivity index (χ0) is 28.1. The van der Waals surface area contributed by atoms with E-state index in [9.17, 15) is 18.9 Å². The van der Waals surface area contributed by atoms with E-state index in [0.29, 0.717) is 19.5 Å². The lowest BCUT2D eigenvalue weighted by Crippen LogP contribution is -2.45. The number of hydrogen-bond donors (Lipinski definition) is 0. The van der Waals surface area contributed by atoms with E-state index in [1.165, 1.54) is 24.3 Å². The van der Waals surface area contributed by atoms with Gasteiger partial charge in [-0.05, 0) is 85.7 Å². The Bertz CT molecular complexity index is 1300. The van der Waals surface area contributed by atoms with Crippen LogP contribution in [-0.4, -0.2) is 53.0 Å². The molecule has 3 aromatic rings. The Labute approximate surface area is 233 Å². The highest BCUT2D eigenvalue weighted by Crippen LogP contribution is 2.27. The Balaban J connectivity index is 1.29. The number of halogens is 2. The zero-order valence-corrected chi connectivity index (χ0v) is 22.7. The summed E-state index contributed by atoms with van der Waals surface area (Å²) in [6, 6.07) is 18.5. The summed E-state index contributed by atoms with van der Waals surface area (Å²) in [5.41, 5.74) is 4.16. The Hall–Kier alpha value is -3.24. The van der Waals surface area contributed by atoms with Crippen LogP contribution in [0, 0.1) is 21.7 Å². The highest BCUT2D eigenvalue weighted by molar-refractivity contribution is 5.34. The maximum Gasteiger partial charge on any atom is 0.269 e. The normalized spacial score (nSPS) is 20.8. The van der Waals surface area contributed by atoms with Gasteiger partial charge in [0.15, 0.2) is 12.6 Å². The quantitative estimate of drug-likeness (QED) is 0.208. The molecular weight excluding hydrogens is 516 g/mol. The van der Waals surface area contributed by atoms with Crippen molar-refractivity contribution >= 4 is 5.69 Å². The number of ether oxygens (including phenoxy) is 2. The van der Waals surface area contributed by atoms with Crippen molar-refractivity contribution in [2.45, 2.75) is 64.3 Å². The summed E-state index contributed by atoms with van der Waals surface area (Å²) in [5.74, 6) is -0.495. The first-order valence-electron chi connectivity index (χ1n) is 13.8. The molecule has 5 rings (SSSR count). The van der Waals surface area contributed by atoms with Crippen LogP contribution in [0.1, 0.15) is 42.0 Å². The maximum absolute atomic E-state index is 14.0. The molecule has 0 aliphatic carbocycles. The molecule has 212 valence electrons. The smallest absolute Gasteiger partial charge is 0.269 e. The van der Waals surface area contributed by atoms with Crippen LogP contribution in [0.4, 0.5) is 14.5 Å². The second-order valence-electron chi connectivity index (χ2n) is 10.7. The number of rotatable bonds is 12. The van der Waals surface area contributed by atoms with Crippen molar-refractivity contribution in [2.24, 2.45) is 0 Å². The van der Waals surface area contributed by atoms with E-state index in [2.05, 4.69) is 9.80 Å². The minimum absolute atomic E-state index is 0.0851. The van der Waals surface area contributed by atoms with Gasteiger partial charge in [0.05, 0.1) is 4.92 Å². The van der Waals surface area contributed by atoms with E-state index >= 15 is 0 Å². The van der Waals surface area contributed by atoms with Crippen molar-refractivity contribution in [2.75, 3.05) is 19.6 Å². The van der Waals surface area contributed by atoms with Crippen LogP contribution < -0.4 is 0 Å². The molecule has 2 heterocycles. The molecule has 0 bridgehead atoms. The maximum atomic E-state index is 14.0. The van der Waals surface area contributed by atoms with E-state index in [1.54, 1.807) is 18.2 Å². The minimum atomic E-state index is -0.367. The molecule has 2 aliphatic heterocycles. The number of nitrogens with zero attached hydrogens (tertiary/aromatic N) is 3. The van der Waals surface area contributed by atoms with Gasteiger partial charge < -0.3 is 9.47 Å². The van der Waals surface area contributed by atoms with Gasteiger partial charge in [0, 0.05) is 44.4 Å². The van der Waals surface area contributed by atoms with Crippen molar-refractivity contribution in [1.82, 2.24) is 9.80 Å². The molecule has 0 radical (unpaired) electrons. The second kappa shape index (κ2) is 13.0. The van der Waals surface area contributed by atoms with Crippen LogP contribution in [0.15, 0.2) is 66.7 Å². The third-order valence-corrected chi connectivity index (χ3v) is 7.73. The highest BCUT2D eigenvalue weighted by atomic mass is 19.1. The van der Waals surface area contributed by atoms with E-state index < -0.39 is 0 Å². The lowest BCUT2D eigenvalue weighted by molar-refractivity contribution is -0.384. The van der Waals surface area contributed by atoms with Crippen LogP contribution in [-0.2, 0) is 35.4 Å². The SMILES string of the molecule is CC1OC(CCCN(CCN2Cc3ccc(F)cc3CC2Cc2ccc(F)cc2)Cc2cccc([N+](=O)[O-])c2)O1. The molecule has 1 saturated heterocycles. The molecule has 0 spiro atoms. The third kappa shape index (κ3) is 7.48. The molecule has 9 heteroatoms. The number of benzene rings is 3. The summed E-state index contributed by atoms with van der Waals surface area (Å²) in [6.07, 6.45) is 2.77. The van der Waals surface area contributed by atoms with Gasteiger partial charge in [0.25, 0.3) is 5.69 Å². The monoisotopic (exact) mass is 551 g/mol. The molecule has 1 unspecified atom stereocenters. The summed E-state index contributed by atoms with van der Waals surface area (Å²) in [6.45, 7) is 5.47. The fourth-order valence-electron chi connectivity index (χ4n) is 5.65. The lowest BCUT2D eigenvalue weighted by Gasteiger charge is -2.38. The fraction of sp³-hybridized carbons (Fsp3) is 0.419. The van der Waals surface area contributed by atoms with Gasteiger partial charge in [-0.3, -0.25) is 19.9 Å². The fourth-order valence-corrected chi connectivity index (χ4v) is 5.65. The molecule has 2 aliphatic rings. The average molecular weight is 552 g/mol. The van der Waals surface area contributed by atoms with Crippen molar-refractivity contribution in [1.29, 1.82) is 0 Å². The van der Waals surface area contributed by atoms with Crippen LogP contribution in [0.2, 0.25) is 0 Å². The first-order valence-corrected chi connectivity index (χ1v) is 13.8. The van der Waals surface area contributed by atoms with Crippen LogP contribution in [0.3, 0.4) is 0 Å². The van der Waals surface area contributed by atoms with Crippen LogP contribution >= 0.6 is 0 Å². The second-order valence-corrected chi connectivity index (χ2v) is 10.7. The number of fused-ring (bicyclic) bond motifs is 1. The van der Waals surface area contributed by atoms with Gasteiger partial charge in [-0.1, -0.05) is 30.3 Å². The summed E-state index contributed by atoms with van der Waals surface area (Å²) in [7, 11) is 0. The van der Waals surface area contributed by atoms with Crippen molar-refractivity contribution in [3.63, 3.8) is 0 Å². The minimum Gasteiger partial charge on any atom is -0.324 e. The molecule has 0 aromatic heterocycles. The van der Waals surface area contributed by atoms with Gasteiger partial charge in [-0.25, -0.2) is 8.78 Å². The summed E-state index contributed by atoms with van der Waals surface area (Å²) in [4.78, 5) is 15.7. The lowest BCUT2D eigenvalue weighted by atomic mass is 9.90. The zero-order valence-electron chi connectivity index (χ0n) is 22.7. The standard InChI is InChI=1S/C31H35F2N3O4/c1-22-39-31(40-22)6-3-13-34(20-24-4-2-5-29(17-24)36(37)38)14-15-35-21-25-9-12-28(33)18-26(25)19-30(35)16-23-7-10-27(32)11-8-23/h2,4-5,7-12,17-18,22,30-31H,3,6,13-16,19-21H2,1H3. The number of hydrogen-bond acceptors (Lipinski definition) is 6. The van der Waals surface area contributed by atoms with Gasteiger partial charge in [-0.2, -0.15) is 0 Å². The van der Waals surface area contributed by atoms with E-state index in [0.717, 1.165) is 61.2 Å². The Morgan fingerprint density at radius 3 is 2.50 bits per heavy atom. The first-order chi connectivity index (χ1) is 19.3. The Kier molecular flexibility index (Phi) is 9.16. The van der Waals surface area contributed by atoms with Crippen molar-refractivity contribution in [3.05, 3.63) is 111 Å². The predicted molar refractivity (Wildman–Crippen MR) is 147 cm³/mol. The van der Waals surface area contributed by atoms with Crippen LogP contribution in [0.5, 0.6) is 0 Å². The molecular formula is C31H35F2N3O4. The summed E-state index contributed by atoms with van der Waals surface area (Å²) >= 11 is 0. The van der Waals surface area contributed by atoms with Crippen molar-refractivity contribution in [3.8, 4) is 0 Å². The van der Waals surface area contributed by atoms with Gasteiger partial charge in [-0.15, -0.1) is 0 Å². The molecule has 0 saturated carbocycles. The largest absolute Gasteiger partial charge is 0.324 e. The highest BCUT2D eigenvalue weighted by Gasteiger charge is 2.28. The molecule has 0 N–H and O–H groups in total. The van der Waals surface area contributed by atoms with Gasteiger partial charge >= 0.3 is 0 Å². The van der Waals surface area contributed by atoms with E-state index in [-0.39, 0.29) is 40.9 Å². The molecule has 7 nitrogen and oxygen atoms in total. The van der Waals surface area contributed by atoms with Crippen molar-refractivity contribution < 1.29 is 23.2 Å². The average Bonchev–Trinajstić information content (AvgIpc) is 2.92. The molecule has 1 atom stereocenters. The Morgan fingerprint density at radius 2 is 1.75 bits per heavy atom.